The molecular formula is C18H24O3. The van der Waals surface area contributed by atoms with Crippen molar-refractivity contribution in [3.63, 3.8) is 0 Å². The molecule has 0 aliphatic carbocycles. The summed E-state index contributed by atoms with van der Waals surface area (Å²) >= 11 is 0. The summed E-state index contributed by atoms with van der Waals surface area (Å²) in [6, 6.07) is 10.1. The molecule has 0 aromatic heterocycles. The third-order valence-electron chi connectivity index (χ3n) is 3.46. The van der Waals surface area contributed by atoms with Gasteiger partial charge in [0.05, 0.1) is 0 Å². The van der Waals surface area contributed by atoms with Gasteiger partial charge in [0, 0.05) is 7.11 Å². The molecule has 1 fully saturated rings. The largest absolute Gasteiger partial charge is 0.375 e. The van der Waals surface area contributed by atoms with Crippen LogP contribution >= 0.6 is 0 Å². The summed E-state index contributed by atoms with van der Waals surface area (Å²) in [6.07, 6.45) is 7.49. The van der Waals surface area contributed by atoms with Gasteiger partial charge in [-0.1, -0.05) is 54.6 Å². The zero-order chi connectivity index (χ0) is 15.3. The summed E-state index contributed by atoms with van der Waals surface area (Å²) in [5.74, 6) is -0.652. The molecule has 1 saturated heterocycles. The Balaban J connectivity index is 2.30. The van der Waals surface area contributed by atoms with Crippen LogP contribution in [0, 0.1) is 0 Å². The molecule has 0 unspecified atom stereocenters. The summed E-state index contributed by atoms with van der Waals surface area (Å²) in [7, 11) is 1.70. The molecule has 0 spiro atoms. The molecule has 3 atom stereocenters. The smallest absolute Gasteiger partial charge is 0.164 e. The quantitative estimate of drug-likeness (QED) is 0.783. The highest BCUT2D eigenvalue weighted by Crippen LogP contribution is 2.38. The highest BCUT2D eigenvalue weighted by molar-refractivity contribution is 5.21. The second-order valence-corrected chi connectivity index (χ2v) is 5.54. The van der Waals surface area contributed by atoms with Crippen molar-refractivity contribution in [1.29, 1.82) is 0 Å². The number of hydrogen-bond acceptors (Lipinski definition) is 3. The van der Waals surface area contributed by atoms with Crippen LogP contribution in [0.2, 0.25) is 0 Å². The van der Waals surface area contributed by atoms with Crippen LogP contribution in [0.3, 0.4) is 0 Å². The Morgan fingerprint density at radius 3 is 2.43 bits per heavy atom. The average Bonchev–Trinajstić information content (AvgIpc) is 2.47. The highest BCUT2D eigenvalue weighted by atomic mass is 16.7. The monoisotopic (exact) mass is 288 g/mol. The minimum absolute atomic E-state index is 0.153. The van der Waals surface area contributed by atoms with E-state index in [1.165, 1.54) is 0 Å². The summed E-state index contributed by atoms with van der Waals surface area (Å²) in [5, 5.41) is 0. The third kappa shape index (κ3) is 4.03. The second-order valence-electron chi connectivity index (χ2n) is 5.54. The molecule has 21 heavy (non-hydrogen) atoms. The molecule has 114 valence electrons. The fourth-order valence-corrected chi connectivity index (χ4v) is 2.56. The molecule has 1 heterocycles. The van der Waals surface area contributed by atoms with Gasteiger partial charge in [0.2, 0.25) is 0 Å². The van der Waals surface area contributed by atoms with Crippen molar-refractivity contribution in [3.8, 4) is 0 Å². The van der Waals surface area contributed by atoms with Gasteiger partial charge in [-0.3, -0.25) is 0 Å². The maximum Gasteiger partial charge on any atom is 0.164 e. The summed E-state index contributed by atoms with van der Waals surface area (Å²) in [4.78, 5) is 0. The predicted octanol–water partition coefficient (Wildman–Crippen LogP) is 4.03. The van der Waals surface area contributed by atoms with Crippen LogP contribution in [-0.4, -0.2) is 25.1 Å². The van der Waals surface area contributed by atoms with E-state index in [0.717, 1.165) is 5.56 Å². The van der Waals surface area contributed by atoms with E-state index >= 15 is 0 Å². The van der Waals surface area contributed by atoms with Crippen molar-refractivity contribution in [3.05, 3.63) is 60.2 Å². The van der Waals surface area contributed by atoms with Crippen molar-refractivity contribution in [2.24, 2.45) is 0 Å². The molecule has 2 rings (SSSR count). The van der Waals surface area contributed by atoms with E-state index in [-0.39, 0.29) is 18.3 Å². The van der Waals surface area contributed by atoms with Crippen LogP contribution in [0.1, 0.15) is 32.4 Å². The lowest BCUT2D eigenvalue weighted by Crippen LogP contribution is -2.50. The van der Waals surface area contributed by atoms with E-state index in [1.54, 1.807) is 7.11 Å². The van der Waals surface area contributed by atoms with Crippen LogP contribution in [0.4, 0.5) is 0 Å². The average molecular weight is 288 g/mol. The van der Waals surface area contributed by atoms with Gasteiger partial charge in [-0.25, -0.2) is 0 Å². The Hall–Kier alpha value is -1.42. The molecule has 1 aliphatic heterocycles. The number of benzene rings is 1. The highest BCUT2D eigenvalue weighted by Gasteiger charge is 2.43. The number of ether oxygens (including phenoxy) is 3. The van der Waals surface area contributed by atoms with Gasteiger partial charge in [0.1, 0.15) is 18.3 Å². The number of rotatable bonds is 4. The molecular weight excluding hydrogens is 264 g/mol. The van der Waals surface area contributed by atoms with Crippen molar-refractivity contribution < 1.29 is 14.2 Å². The van der Waals surface area contributed by atoms with Crippen molar-refractivity contribution in [2.45, 2.75) is 44.9 Å². The van der Waals surface area contributed by atoms with Crippen LogP contribution in [-0.2, 0) is 14.2 Å². The van der Waals surface area contributed by atoms with Crippen molar-refractivity contribution >= 4 is 0 Å². The van der Waals surface area contributed by atoms with Gasteiger partial charge in [-0.2, -0.15) is 0 Å². The molecule has 1 aliphatic rings. The van der Waals surface area contributed by atoms with Gasteiger partial charge in [-0.05, 0) is 26.3 Å². The Morgan fingerprint density at radius 1 is 1.10 bits per heavy atom. The van der Waals surface area contributed by atoms with Crippen LogP contribution in [0.5, 0.6) is 0 Å². The van der Waals surface area contributed by atoms with Gasteiger partial charge < -0.3 is 14.2 Å². The van der Waals surface area contributed by atoms with E-state index in [4.69, 9.17) is 14.2 Å². The third-order valence-corrected chi connectivity index (χ3v) is 3.46. The Bertz CT molecular complexity index is 490. The maximum atomic E-state index is 6.10. The van der Waals surface area contributed by atoms with E-state index in [2.05, 4.69) is 12.1 Å². The van der Waals surface area contributed by atoms with E-state index in [0.29, 0.717) is 0 Å². The number of hydrogen-bond donors (Lipinski definition) is 0. The summed E-state index contributed by atoms with van der Waals surface area (Å²) < 4.78 is 17.8. The minimum atomic E-state index is -0.652. The first kappa shape index (κ1) is 16.0. The van der Waals surface area contributed by atoms with Crippen LogP contribution in [0.25, 0.3) is 0 Å². The summed E-state index contributed by atoms with van der Waals surface area (Å²) in [6.45, 7) is 5.86. The molecule has 0 saturated carbocycles. The molecule has 0 N–H and O–H groups in total. The van der Waals surface area contributed by atoms with Crippen molar-refractivity contribution in [2.75, 3.05) is 7.11 Å². The van der Waals surface area contributed by atoms with Crippen LogP contribution in [0.15, 0.2) is 54.6 Å². The Kier molecular flexibility index (Phi) is 5.34. The Morgan fingerprint density at radius 2 is 1.81 bits per heavy atom. The zero-order valence-electron chi connectivity index (χ0n) is 13.2. The molecule has 3 nitrogen and oxygen atoms in total. The SMILES string of the molecule is C/C=C/C=C/[C@@H]1OC(C)(C)O[C@H](c2ccccc2)[C@@H]1OC. The lowest BCUT2D eigenvalue weighted by atomic mass is 9.97. The topological polar surface area (TPSA) is 27.7 Å². The lowest BCUT2D eigenvalue weighted by molar-refractivity contribution is -0.328. The molecule has 1 aromatic rings. The van der Waals surface area contributed by atoms with E-state index in [1.807, 2.05) is 63.3 Å². The Labute approximate surface area is 127 Å². The zero-order valence-corrected chi connectivity index (χ0v) is 13.2. The first-order valence-electron chi connectivity index (χ1n) is 7.30. The van der Waals surface area contributed by atoms with Gasteiger partial charge >= 0.3 is 0 Å². The molecule has 0 bridgehead atoms. The van der Waals surface area contributed by atoms with E-state index in [9.17, 15) is 0 Å². The first-order chi connectivity index (χ1) is 10.1. The minimum Gasteiger partial charge on any atom is -0.375 e. The predicted molar refractivity (Wildman–Crippen MR) is 84.0 cm³/mol. The molecule has 1 aromatic carbocycles. The van der Waals surface area contributed by atoms with Crippen LogP contribution < -0.4 is 0 Å². The number of methoxy groups -OCH3 is 1. The standard InChI is InChI=1S/C18H24O3/c1-5-6-8-13-15-17(19-4)16(21-18(2,3)20-15)14-11-9-7-10-12-14/h5-13,15-17H,1-4H3/b6-5+,13-8+/t15-,16+,17+/m0/s1. The first-order valence-corrected chi connectivity index (χ1v) is 7.30. The number of allylic oxidation sites excluding steroid dienone is 3. The molecule has 0 radical (unpaired) electrons. The molecule has 3 heteroatoms. The molecule has 0 amide bonds. The maximum absolute atomic E-state index is 6.10. The van der Waals surface area contributed by atoms with E-state index < -0.39 is 5.79 Å². The van der Waals surface area contributed by atoms with Gasteiger partial charge in [0.15, 0.2) is 5.79 Å². The van der Waals surface area contributed by atoms with Crippen molar-refractivity contribution in [1.82, 2.24) is 0 Å². The lowest BCUT2D eigenvalue weighted by Gasteiger charge is -2.44. The van der Waals surface area contributed by atoms with Gasteiger partial charge in [-0.15, -0.1) is 0 Å². The fourth-order valence-electron chi connectivity index (χ4n) is 2.56. The summed E-state index contributed by atoms with van der Waals surface area (Å²) in [5.41, 5.74) is 1.10. The van der Waals surface area contributed by atoms with Gasteiger partial charge in [0.25, 0.3) is 0 Å². The second kappa shape index (κ2) is 7.03. The fraction of sp³-hybridized carbons (Fsp3) is 0.444. The normalized spacial score (nSPS) is 29.2.